The van der Waals surface area contributed by atoms with E-state index in [0.717, 1.165) is 94.3 Å². The highest BCUT2D eigenvalue weighted by atomic mass is 15.0. The molecule has 6 heteroatoms. The summed E-state index contributed by atoms with van der Waals surface area (Å²) >= 11 is 0. The highest BCUT2D eigenvalue weighted by molar-refractivity contribution is 6.15. The van der Waals surface area contributed by atoms with Crippen LogP contribution in [0, 0.1) is 11.3 Å². The quantitative estimate of drug-likeness (QED) is 0.163. The van der Waals surface area contributed by atoms with Crippen LogP contribution in [0.5, 0.6) is 0 Å². The molecule has 5 aromatic carbocycles. The Kier molecular flexibility index (Phi) is 8.44. The Balaban J connectivity index is 1.46. The molecule has 0 radical (unpaired) electrons. The summed E-state index contributed by atoms with van der Waals surface area (Å²) in [5.41, 5.74) is 15.1. The first-order valence-corrected chi connectivity index (χ1v) is 18.7. The lowest BCUT2D eigenvalue weighted by molar-refractivity contribution is 1.18. The number of hydrogen-bond donors (Lipinski definition) is 0. The van der Waals surface area contributed by atoms with Crippen LogP contribution in [0.4, 0.5) is 0 Å². The second kappa shape index (κ2) is 14.3. The van der Waals surface area contributed by atoms with E-state index in [0.29, 0.717) is 5.56 Å². The minimum Gasteiger partial charge on any atom is -0.308 e. The third-order valence-corrected chi connectivity index (χ3v) is 10.7. The lowest BCUT2D eigenvalue weighted by Crippen LogP contribution is -2.07. The molecule has 0 aliphatic rings. The Morgan fingerprint density at radius 2 is 0.702 bits per heavy atom. The first-order valence-electron chi connectivity index (χ1n) is 18.7. The van der Waals surface area contributed by atoms with Crippen molar-refractivity contribution in [1.82, 2.24) is 24.5 Å². The van der Waals surface area contributed by atoms with Gasteiger partial charge in [-0.2, -0.15) is 5.26 Å². The molecular weight excluding hydrogens is 697 g/mol. The number of rotatable bonds is 7. The van der Waals surface area contributed by atoms with Crippen molar-refractivity contribution in [2.45, 2.75) is 0 Å². The Hall–Kier alpha value is -8.01. The topological polar surface area (TPSA) is 80.3 Å². The summed E-state index contributed by atoms with van der Waals surface area (Å²) in [4.78, 5) is 17.6. The van der Waals surface area contributed by atoms with E-state index in [1.165, 1.54) is 0 Å². The number of nitriles is 1. The zero-order valence-corrected chi connectivity index (χ0v) is 30.7. The molecule has 0 atom stereocenters. The van der Waals surface area contributed by atoms with Gasteiger partial charge in [0.15, 0.2) is 0 Å². The minimum atomic E-state index is 0.549. The Labute approximate surface area is 329 Å². The van der Waals surface area contributed by atoms with Gasteiger partial charge in [-0.25, -0.2) is 0 Å². The predicted octanol–water partition coefficient (Wildman–Crippen LogP) is 12.2. The van der Waals surface area contributed by atoms with Gasteiger partial charge in [0.1, 0.15) is 6.07 Å². The first kappa shape index (κ1) is 33.6. The molecule has 0 aliphatic heterocycles. The standard InChI is InChI=1S/C51H32N6/c52-33-44-47(36-15-23-53-24-16-36)49(38-19-27-55-28-20-38)51(50(39-21-29-56-30-22-39)48(44)37-17-25-54-26-18-37)57-45-13-11-40(34-7-3-1-4-8-34)31-42(45)43-32-41(12-14-46(43)57)35-9-5-2-6-10-35/h1-32H. The van der Waals surface area contributed by atoms with Crippen molar-refractivity contribution in [3.8, 4) is 78.5 Å². The molecule has 0 fully saturated rings. The predicted molar refractivity (Wildman–Crippen MR) is 229 cm³/mol. The summed E-state index contributed by atoms with van der Waals surface area (Å²) in [5.74, 6) is 0. The third kappa shape index (κ3) is 5.83. The summed E-state index contributed by atoms with van der Waals surface area (Å²) < 4.78 is 2.40. The van der Waals surface area contributed by atoms with Gasteiger partial charge < -0.3 is 4.57 Å². The van der Waals surface area contributed by atoms with Crippen LogP contribution in [0.2, 0.25) is 0 Å². The third-order valence-electron chi connectivity index (χ3n) is 10.7. The van der Waals surface area contributed by atoms with Crippen molar-refractivity contribution in [2.24, 2.45) is 0 Å². The van der Waals surface area contributed by atoms with Gasteiger partial charge in [-0.1, -0.05) is 72.8 Å². The van der Waals surface area contributed by atoms with Gasteiger partial charge in [-0.05, 0) is 117 Å². The van der Waals surface area contributed by atoms with E-state index in [9.17, 15) is 5.26 Å². The molecular formula is C51H32N6. The fourth-order valence-corrected chi connectivity index (χ4v) is 8.17. The molecule has 0 saturated heterocycles. The normalized spacial score (nSPS) is 11.1. The number of aromatic nitrogens is 5. The van der Waals surface area contributed by atoms with Crippen molar-refractivity contribution in [1.29, 1.82) is 5.26 Å². The van der Waals surface area contributed by atoms with E-state index in [-0.39, 0.29) is 0 Å². The van der Waals surface area contributed by atoms with Crippen LogP contribution in [0.25, 0.3) is 94.3 Å². The van der Waals surface area contributed by atoms with E-state index in [1.54, 1.807) is 24.8 Å². The maximum Gasteiger partial charge on any atom is 0.100 e. The maximum absolute atomic E-state index is 11.4. The van der Waals surface area contributed by atoms with Crippen molar-refractivity contribution in [2.75, 3.05) is 0 Å². The van der Waals surface area contributed by atoms with Gasteiger partial charge in [0.25, 0.3) is 0 Å². The van der Waals surface area contributed by atoms with Crippen LogP contribution in [0.15, 0.2) is 195 Å². The van der Waals surface area contributed by atoms with E-state index < -0.39 is 0 Å². The second-order valence-electron chi connectivity index (χ2n) is 13.8. The highest BCUT2D eigenvalue weighted by Crippen LogP contribution is 2.52. The number of fused-ring (bicyclic) bond motifs is 3. The number of benzene rings is 5. The molecule has 0 N–H and O–H groups in total. The van der Waals surface area contributed by atoms with E-state index >= 15 is 0 Å². The monoisotopic (exact) mass is 728 g/mol. The smallest absolute Gasteiger partial charge is 0.100 e. The van der Waals surface area contributed by atoms with Crippen LogP contribution in [0.1, 0.15) is 5.56 Å². The molecule has 57 heavy (non-hydrogen) atoms. The molecule has 0 spiro atoms. The summed E-state index contributed by atoms with van der Waals surface area (Å²) in [6, 6.07) is 53.3. The number of nitrogens with zero attached hydrogens (tertiary/aromatic N) is 6. The van der Waals surface area contributed by atoms with Gasteiger partial charge in [0.05, 0.1) is 22.3 Å². The van der Waals surface area contributed by atoms with E-state index in [1.807, 2.05) is 85.5 Å². The van der Waals surface area contributed by atoms with Crippen LogP contribution in [-0.2, 0) is 0 Å². The van der Waals surface area contributed by atoms with Crippen LogP contribution in [0.3, 0.4) is 0 Å². The molecule has 0 saturated carbocycles. The van der Waals surface area contributed by atoms with Crippen LogP contribution >= 0.6 is 0 Å². The molecule has 10 aromatic rings. The molecule has 0 bridgehead atoms. The summed E-state index contributed by atoms with van der Waals surface area (Å²) in [6.45, 7) is 0. The van der Waals surface area contributed by atoms with E-state index in [2.05, 4.69) is 116 Å². The SMILES string of the molecule is N#Cc1c(-c2ccncc2)c(-c2ccncc2)c(-n2c3ccc(-c4ccccc4)cc3c3cc(-c4ccccc4)ccc32)c(-c2ccncc2)c1-c1ccncc1. The molecule has 6 nitrogen and oxygen atoms in total. The summed E-state index contributed by atoms with van der Waals surface area (Å²) in [5, 5.41) is 13.6. The van der Waals surface area contributed by atoms with E-state index in [4.69, 9.17) is 0 Å². The number of hydrogen-bond acceptors (Lipinski definition) is 5. The Morgan fingerprint density at radius 3 is 1.05 bits per heavy atom. The highest BCUT2D eigenvalue weighted by Gasteiger charge is 2.30. The average molecular weight is 729 g/mol. The second-order valence-corrected chi connectivity index (χ2v) is 13.8. The molecule has 5 heterocycles. The van der Waals surface area contributed by atoms with Crippen molar-refractivity contribution >= 4 is 21.8 Å². The zero-order valence-electron chi connectivity index (χ0n) is 30.7. The van der Waals surface area contributed by atoms with Gasteiger partial charge >= 0.3 is 0 Å². The van der Waals surface area contributed by atoms with Crippen LogP contribution < -0.4 is 0 Å². The molecule has 0 aliphatic carbocycles. The lowest BCUT2D eigenvalue weighted by Gasteiger charge is -2.27. The molecule has 266 valence electrons. The Bertz CT molecular complexity index is 2890. The summed E-state index contributed by atoms with van der Waals surface area (Å²) in [6.07, 6.45) is 14.4. The van der Waals surface area contributed by atoms with Gasteiger partial charge in [0, 0.05) is 82.6 Å². The molecule has 0 unspecified atom stereocenters. The molecule has 10 rings (SSSR count). The minimum absolute atomic E-state index is 0.549. The maximum atomic E-state index is 11.4. The van der Waals surface area contributed by atoms with Crippen molar-refractivity contribution in [3.05, 3.63) is 201 Å². The largest absolute Gasteiger partial charge is 0.308 e. The first-order chi connectivity index (χ1) is 28.3. The summed E-state index contributed by atoms with van der Waals surface area (Å²) in [7, 11) is 0. The molecule has 0 amide bonds. The van der Waals surface area contributed by atoms with Crippen LogP contribution in [-0.4, -0.2) is 24.5 Å². The van der Waals surface area contributed by atoms with Gasteiger partial charge in [-0.3, -0.25) is 19.9 Å². The average Bonchev–Trinajstić information content (AvgIpc) is 3.62. The fraction of sp³-hybridized carbons (Fsp3) is 0. The van der Waals surface area contributed by atoms with Gasteiger partial charge in [0.2, 0.25) is 0 Å². The fourth-order valence-electron chi connectivity index (χ4n) is 8.17. The lowest BCUT2D eigenvalue weighted by atomic mass is 9.80. The van der Waals surface area contributed by atoms with Crippen molar-refractivity contribution < 1.29 is 0 Å². The van der Waals surface area contributed by atoms with Crippen molar-refractivity contribution in [3.63, 3.8) is 0 Å². The zero-order chi connectivity index (χ0) is 38.1. The van der Waals surface area contributed by atoms with Gasteiger partial charge in [-0.15, -0.1) is 0 Å². The molecule has 5 aromatic heterocycles. The Morgan fingerprint density at radius 1 is 0.351 bits per heavy atom. The number of pyridine rings is 4.